The Balaban J connectivity index is 2.18. The van der Waals surface area contributed by atoms with Crippen LogP contribution in [0.5, 0.6) is 0 Å². The lowest BCUT2D eigenvalue weighted by atomic mass is 10.1. The standard InChI is InChI=1S/C12H14ClN3O2S/c1-8(10-3-5-11(13)6-4-10)16-19(17,18)12-7-14-9(2)15-12/h3-8,16H,1-2H3,(H,14,15). The Kier molecular flexibility index (Phi) is 3.93. The number of hydrogen-bond donors (Lipinski definition) is 2. The van der Waals surface area contributed by atoms with Gasteiger partial charge in [-0.15, -0.1) is 0 Å². The van der Waals surface area contributed by atoms with Crippen LogP contribution >= 0.6 is 11.6 Å². The lowest BCUT2D eigenvalue weighted by Crippen LogP contribution is -2.27. The van der Waals surface area contributed by atoms with Crippen molar-refractivity contribution in [2.24, 2.45) is 0 Å². The normalized spacial score (nSPS) is 13.4. The van der Waals surface area contributed by atoms with Gasteiger partial charge in [0.1, 0.15) is 5.82 Å². The summed E-state index contributed by atoms with van der Waals surface area (Å²) in [6, 6.07) is 6.66. The highest BCUT2D eigenvalue weighted by Crippen LogP contribution is 2.18. The van der Waals surface area contributed by atoms with Gasteiger partial charge in [0.15, 0.2) is 5.03 Å². The second-order valence-electron chi connectivity index (χ2n) is 4.23. The number of imidazole rings is 1. The van der Waals surface area contributed by atoms with Crippen molar-refractivity contribution in [3.05, 3.63) is 46.9 Å². The van der Waals surface area contributed by atoms with Gasteiger partial charge in [0.05, 0.1) is 6.20 Å². The number of rotatable bonds is 4. The van der Waals surface area contributed by atoms with Crippen molar-refractivity contribution in [2.45, 2.75) is 24.9 Å². The summed E-state index contributed by atoms with van der Waals surface area (Å²) < 4.78 is 26.8. The highest BCUT2D eigenvalue weighted by atomic mass is 35.5. The number of sulfonamides is 1. The number of nitrogens with zero attached hydrogens (tertiary/aromatic N) is 1. The van der Waals surface area contributed by atoms with Crippen LogP contribution in [0, 0.1) is 6.92 Å². The molecule has 0 aliphatic carbocycles. The Labute approximate surface area is 117 Å². The van der Waals surface area contributed by atoms with Gasteiger partial charge < -0.3 is 4.98 Å². The number of H-pyrrole nitrogens is 1. The molecule has 1 aromatic heterocycles. The van der Waals surface area contributed by atoms with Gasteiger partial charge in [-0.3, -0.25) is 0 Å². The molecule has 1 atom stereocenters. The Morgan fingerprint density at radius 1 is 1.32 bits per heavy atom. The van der Waals surface area contributed by atoms with Gasteiger partial charge in [0.2, 0.25) is 0 Å². The van der Waals surface area contributed by atoms with E-state index >= 15 is 0 Å². The molecule has 0 radical (unpaired) electrons. The fourth-order valence-electron chi connectivity index (χ4n) is 1.65. The third-order valence-corrected chi connectivity index (χ3v) is 4.37. The molecule has 19 heavy (non-hydrogen) atoms. The molecule has 0 aliphatic rings. The summed E-state index contributed by atoms with van der Waals surface area (Å²) in [7, 11) is -3.60. The number of aromatic amines is 1. The minimum absolute atomic E-state index is 0.0609. The molecule has 0 saturated carbocycles. The molecule has 0 amide bonds. The maximum Gasteiger partial charge on any atom is 0.258 e. The van der Waals surface area contributed by atoms with Crippen LogP contribution in [-0.4, -0.2) is 18.4 Å². The van der Waals surface area contributed by atoms with Crippen molar-refractivity contribution in [3.63, 3.8) is 0 Å². The fraction of sp³-hybridized carbons (Fsp3) is 0.250. The molecule has 1 unspecified atom stereocenters. The van der Waals surface area contributed by atoms with E-state index in [1.54, 1.807) is 38.1 Å². The Morgan fingerprint density at radius 2 is 1.95 bits per heavy atom. The lowest BCUT2D eigenvalue weighted by Gasteiger charge is -2.13. The molecular formula is C12H14ClN3O2S. The molecule has 1 aromatic carbocycles. The molecule has 0 fully saturated rings. The number of halogens is 1. The van der Waals surface area contributed by atoms with Crippen LogP contribution in [0.1, 0.15) is 24.4 Å². The SMILES string of the molecule is Cc1ncc(S(=O)(=O)NC(C)c2ccc(Cl)cc2)[nH]1. The highest BCUT2D eigenvalue weighted by molar-refractivity contribution is 7.89. The van der Waals surface area contributed by atoms with E-state index in [2.05, 4.69) is 14.7 Å². The van der Waals surface area contributed by atoms with Crippen molar-refractivity contribution in [2.75, 3.05) is 0 Å². The van der Waals surface area contributed by atoms with E-state index in [1.165, 1.54) is 6.20 Å². The molecule has 1 heterocycles. The predicted molar refractivity (Wildman–Crippen MR) is 73.5 cm³/mol. The Hall–Kier alpha value is -1.37. The first-order valence-corrected chi connectivity index (χ1v) is 7.54. The summed E-state index contributed by atoms with van der Waals surface area (Å²) in [6.07, 6.45) is 1.30. The molecule has 2 aromatic rings. The first-order chi connectivity index (χ1) is 8.88. The van der Waals surface area contributed by atoms with Crippen LogP contribution < -0.4 is 4.72 Å². The van der Waals surface area contributed by atoms with E-state index < -0.39 is 10.0 Å². The summed E-state index contributed by atoms with van der Waals surface area (Å²) >= 11 is 5.80. The topological polar surface area (TPSA) is 74.8 Å². The van der Waals surface area contributed by atoms with E-state index in [9.17, 15) is 8.42 Å². The van der Waals surface area contributed by atoms with Gasteiger partial charge in [0.25, 0.3) is 10.0 Å². The van der Waals surface area contributed by atoms with Crippen LogP contribution in [0.15, 0.2) is 35.5 Å². The fourth-order valence-corrected chi connectivity index (χ4v) is 2.98. The number of benzene rings is 1. The predicted octanol–water partition coefficient (Wildman–Crippen LogP) is 2.41. The molecule has 2 N–H and O–H groups in total. The van der Waals surface area contributed by atoms with Crippen LogP contribution in [0.2, 0.25) is 5.02 Å². The molecule has 2 rings (SSSR count). The highest BCUT2D eigenvalue weighted by Gasteiger charge is 2.20. The molecule has 0 saturated heterocycles. The molecule has 7 heteroatoms. The summed E-state index contributed by atoms with van der Waals surface area (Å²) in [5, 5.41) is 0.675. The summed E-state index contributed by atoms with van der Waals surface area (Å²) in [5.74, 6) is 0.555. The average molecular weight is 300 g/mol. The van der Waals surface area contributed by atoms with Crippen LogP contribution in [-0.2, 0) is 10.0 Å². The first kappa shape index (κ1) is 14.0. The number of aryl methyl sites for hydroxylation is 1. The Morgan fingerprint density at radius 3 is 2.47 bits per heavy atom. The first-order valence-electron chi connectivity index (χ1n) is 5.68. The molecule has 5 nitrogen and oxygen atoms in total. The van der Waals surface area contributed by atoms with E-state index in [0.717, 1.165) is 5.56 Å². The Bertz CT molecular complexity index is 665. The van der Waals surface area contributed by atoms with Crippen LogP contribution in [0.3, 0.4) is 0 Å². The van der Waals surface area contributed by atoms with E-state index in [-0.39, 0.29) is 11.1 Å². The summed E-state index contributed by atoms with van der Waals surface area (Å²) in [4.78, 5) is 6.58. The lowest BCUT2D eigenvalue weighted by molar-refractivity contribution is 0.563. The van der Waals surface area contributed by atoms with Gasteiger partial charge in [-0.1, -0.05) is 23.7 Å². The zero-order chi connectivity index (χ0) is 14.0. The minimum Gasteiger partial charge on any atom is -0.332 e. The monoisotopic (exact) mass is 299 g/mol. The molecular weight excluding hydrogens is 286 g/mol. The smallest absolute Gasteiger partial charge is 0.258 e. The van der Waals surface area contributed by atoms with Gasteiger partial charge in [-0.2, -0.15) is 0 Å². The van der Waals surface area contributed by atoms with Crippen LogP contribution in [0.25, 0.3) is 0 Å². The van der Waals surface area contributed by atoms with Crippen molar-refractivity contribution in [1.29, 1.82) is 0 Å². The number of nitrogens with one attached hydrogen (secondary N) is 2. The average Bonchev–Trinajstić information content (AvgIpc) is 2.77. The zero-order valence-electron chi connectivity index (χ0n) is 10.5. The van der Waals surface area contributed by atoms with Gasteiger partial charge >= 0.3 is 0 Å². The van der Waals surface area contributed by atoms with Gasteiger partial charge in [-0.05, 0) is 31.5 Å². The van der Waals surface area contributed by atoms with Crippen molar-refractivity contribution < 1.29 is 8.42 Å². The second-order valence-corrected chi connectivity index (χ2v) is 6.35. The molecule has 102 valence electrons. The van der Waals surface area contributed by atoms with Gasteiger partial charge in [-0.25, -0.2) is 18.1 Å². The maximum absolute atomic E-state index is 12.1. The third kappa shape index (κ3) is 3.34. The second kappa shape index (κ2) is 5.32. The number of hydrogen-bond acceptors (Lipinski definition) is 3. The van der Waals surface area contributed by atoms with Crippen molar-refractivity contribution >= 4 is 21.6 Å². The minimum atomic E-state index is -3.60. The van der Waals surface area contributed by atoms with E-state index in [0.29, 0.717) is 10.8 Å². The molecule has 0 aliphatic heterocycles. The maximum atomic E-state index is 12.1. The van der Waals surface area contributed by atoms with E-state index in [4.69, 9.17) is 11.6 Å². The largest absolute Gasteiger partial charge is 0.332 e. The number of aromatic nitrogens is 2. The molecule has 0 spiro atoms. The van der Waals surface area contributed by atoms with Crippen LogP contribution in [0.4, 0.5) is 0 Å². The van der Waals surface area contributed by atoms with Crippen molar-refractivity contribution in [1.82, 2.24) is 14.7 Å². The van der Waals surface area contributed by atoms with E-state index in [1.807, 2.05) is 0 Å². The quantitative estimate of drug-likeness (QED) is 0.910. The summed E-state index contributed by atoms with van der Waals surface area (Å²) in [6.45, 7) is 3.46. The van der Waals surface area contributed by atoms with Gasteiger partial charge in [0, 0.05) is 11.1 Å². The molecule has 0 bridgehead atoms. The third-order valence-electron chi connectivity index (χ3n) is 2.67. The van der Waals surface area contributed by atoms with Crippen molar-refractivity contribution in [3.8, 4) is 0 Å². The summed E-state index contributed by atoms with van der Waals surface area (Å²) in [5.41, 5.74) is 0.837. The zero-order valence-corrected chi connectivity index (χ0v) is 12.1.